The largest absolute Gasteiger partial charge is 0.455 e. The molecule has 0 fully saturated rings. The molecule has 124 valence electrons. The highest BCUT2D eigenvalue weighted by atomic mass is 32.2. The van der Waals surface area contributed by atoms with Gasteiger partial charge in [0.1, 0.15) is 17.0 Å². The summed E-state index contributed by atoms with van der Waals surface area (Å²) in [5.41, 5.74) is 4.68. The van der Waals surface area contributed by atoms with Crippen molar-refractivity contribution < 1.29 is 9.34 Å². The van der Waals surface area contributed by atoms with Crippen LogP contribution < -0.4 is 5.43 Å². The Hall–Kier alpha value is -3.13. The minimum Gasteiger partial charge on any atom is -0.455 e. The van der Waals surface area contributed by atoms with Gasteiger partial charge in [0.05, 0.1) is 4.92 Å². The number of nitro groups is 1. The summed E-state index contributed by atoms with van der Waals surface area (Å²) in [6, 6.07) is 16.1. The van der Waals surface area contributed by atoms with Gasteiger partial charge in [-0.2, -0.15) is 5.10 Å². The molecule has 1 aliphatic heterocycles. The van der Waals surface area contributed by atoms with Crippen LogP contribution in [0.4, 0.5) is 11.4 Å². The number of para-hydroxylation sites is 3. The van der Waals surface area contributed by atoms with Crippen molar-refractivity contribution in [1.82, 2.24) is 5.43 Å². The van der Waals surface area contributed by atoms with Crippen LogP contribution >= 0.6 is 11.8 Å². The molecule has 0 aliphatic carbocycles. The minimum absolute atomic E-state index is 0.0375. The SMILES string of the molecule is O=[N+]([O-])c1ccccc1N=C1NN=C(c2cc3ccccc3o2)CS1. The molecule has 1 N–H and O–H groups in total. The normalized spacial score (nSPS) is 15.8. The van der Waals surface area contributed by atoms with Gasteiger partial charge in [-0.05, 0) is 18.2 Å². The lowest BCUT2D eigenvalue weighted by molar-refractivity contribution is -0.384. The highest BCUT2D eigenvalue weighted by Crippen LogP contribution is 2.28. The van der Waals surface area contributed by atoms with Crippen LogP contribution in [0.3, 0.4) is 0 Å². The molecular formula is C17H12N4O3S. The van der Waals surface area contributed by atoms with E-state index in [0.717, 1.165) is 16.7 Å². The van der Waals surface area contributed by atoms with Gasteiger partial charge < -0.3 is 4.42 Å². The second kappa shape index (κ2) is 6.40. The molecular weight excluding hydrogens is 340 g/mol. The second-order valence-electron chi connectivity index (χ2n) is 5.27. The van der Waals surface area contributed by atoms with E-state index in [0.29, 0.717) is 22.4 Å². The summed E-state index contributed by atoms with van der Waals surface area (Å²) >= 11 is 1.42. The summed E-state index contributed by atoms with van der Waals surface area (Å²) in [7, 11) is 0. The first-order valence-electron chi connectivity index (χ1n) is 7.47. The van der Waals surface area contributed by atoms with Crippen molar-refractivity contribution >= 4 is 45.0 Å². The number of thioether (sulfide) groups is 1. The van der Waals surface area contributed by atoms with Crippen molar-refractivity contribution in [3.63, 3.8) is 0 Å². The van der Waals surface area contributed by atoms with Gasteiger partial charge in [-0.3, -0.25) is 15.5 Å². The van der Waals surface area contributed by atoms with E-state index in [2.05, 4.69) is 15.5 Å². The van der Waals surface area contributed by atoms with Crippen molar-refractivity contribution in [3.05, 3.63) is 70.5 Å². The molecule has 4 rings (SSSR count). The molecule has 0 amide bonds. The van der Waals surface area contributed by atoms with Crippen LogP contribution in [-0.4, -0.2) is 21.6 Å². The third kappa shape index (κ3) is 3.11. The number of nitrogens with zero attached hydrogens (tertiary/aromatic N) is 3. The quantitative estimate of drug-likeness (QED) is 0.566. The molecule has 1 aliphatic rings. The molecule has 7 nitrogen and oxygen atoms in total. The van der Waals surface area contributed by atoms with Crippen molar-refractivity contribution in [1.29, 1.82) is 0 Å². The number of furan rings is 1. The number of nitrogens with one attached hydrogen (secondary N) is 1. The van der Waals surface area contributed by atoms with Crippen LogP contribution in [0.2, 0.25) is 0 Å². The van der Waals surface area contributed by atoms with E-state index in [9.17, 15) is 10.1 Å². The fourth-order valence-corrected chi connectivity index (χ4v) is 3.20. The fourth-order valence-electron chi connectivity index (χ4n) is 2.45. The molecule has 2 aromatic carbocycles. The zero-order valence-electron chi connectivity index (χ0n) is 12.9. The molecule has 8 heteroatoms. The summed E-state index contributed by atoms with van der Waals surface area (Å²) in [6.07, 6.45) is 0. The number of hydrazone groups is 1. The molecule has 0 bridgehead atoms. The monoisotopic (exact) mass is 352 g/mol. The number of nitro benzene ring substituents is 1. The van der Waals surface area contributed by atoms with E-state index in [1.807, 2.05) is 30.3 Å². The maximum atomic E-state index is 11.1. The van der Waals surface area contributed by atoms with Gasteiger partial charge in [-0.15, -0.1) is 0 Å². The van der Waals surface area contributed by atoms with E-state index in [1.165, 1.54) is 17.8 Å². The minimum atomic E-state index is -0.448. The number of aliphatic imine (C=N–C) groups is 1. The lowest BCUT2D eigenvalue weighted by Gasteiger charge is -2.13. The van der Waals surface area contributed by atoms with Crippen LogP contribution in [-0.2, 0) is 0 Å². The Kier molecular flexibility index (Phi) is 3.95. The maximum absolute atomic E-state index is 11.1. The highest BCUT2D eigenvalue weighted by Gasteiger charge is 2.18. The van der Waals surface area contributed by atoms with Crippen LogP contribution in [0.5, 0.6) is 0 Å². The number of benzene rings is 2. The predicted molar refractivity (Wildman–Crippen MR) is 98.5 cm³/mol. The zero-order valence-corrected chi connectivity index (χ0v) is 13.7. The summed E-state index contributed by atoms with van der Waals surface area (Å²) in [6.45, 7) is 0. The Labute approximate surface area is 146 Å². The molecule has 0 radical (unpaired) electrons. The number of fused-ring (bicyclic) bond motifs is 1. The van der Waals surface area contributed by atoms with Gasteiger partial charge in [0, 0.05) is 17.2 Å². The topological polar surface area (TPSA) is 93.0 Å². The molecule has 25 heavy (non-hydrogen) atoms. The maximum Gasteiger partial charge on any atom is 0.294 e. The Morgan fingerprint density at radius 3 is 2.76 bits per heavy atom. The average Bonchev–Trinajstić information content (AvgIpc) is 3.07. The molecule has 0 unspecified atom stereocenters. The van der Waals surface area contributed by atoms with Crippen molar-refractivity contribution in [2.45, 2.75) is 0 Å². The first-order chi connectivity index (χ1) is 12.2. The first kappa shape index (κ1) is 15.4. The number of amidine groups is 1. The molecule has 2 heterocycles. The van der Waals surface area contributed by atoms with E-state index in [1.54, 1.807) is 18.2 Å². The lowest BCUT2D eigenvalue weighted by atomic mass is 10.2. The Bertz CT molecular complexity index is 992. The zero-order chi connectivity index (χ0) is 17.2. The van der Waals surface area contributed by atoms with Gasteiger partial charge in [0.2, 0.25) is 0 Å². The Morgan fingerprint density at radius 2 is 2.00 bits per heavy atom. The predicted octanol–water partition coefficient (Wildman–Crippen LogP) is 4.07. The molecule has 0 saturated carbocycles. The molecule has 0 saturated heterocycles. The van der Waals surface area contributed by atoms with Crippen LogP contribution in [0.25, 0.3) is 11.0 Å². The van der Waals surface area contributed by atoms with Gasteiger partial charge in [0.15, 0.2) is 10.9 Å². The summed E-state index contributed by atoms with van der Waals surface area (Å²) < 4.78 is 5.80. The highest BCUT2D eigenvalue weighted by molar-refractivity contribution is 8.14. The van der Waals surface area contributed by atoms with Gasteiger partial charge in [0.25, 0.3) is 5.69 Å². The third-order valence-electron chi connectivity index (χ3n) is 3.64. The fraction of sp³-hybridized carbons (Fsp3) is 0.0588. The number of hydrogen-bond donors (Lipinski definition) is 1. The standard InChI is InChI=1S/C17H12N4O3S/c22-21(23)14-7-3-2-6-12(14)18-17-20-19-13(10-25-17)16-9-11-5-1-4-8-15(11)24-16/h1-9H,10H2,(H,18,20). The van der Waals surface area contributed by atoms with E-state index < -0.39 is 4.92 Å². The third-order valence-corrected chi connectivity index (χ3v) is 4.52. The number of hydrogen-bond acceptors (Lipinski definition) is 6. The molecule has 0 spiro atoms. The van der Waals surface area contributed by atoms with Crippen molar-refractivity contribution in [3.8, 4) is 0 Å². The second-order valence-corrected chi connectivity index (χ2v) is 6.23. The van der Waals surface area contributed by atoms with E-state index in [-0.39, 0.29) is 5.69 Å². The summed E-state index contributed by atoms with van der Waals surface area (Å²) in [5, 5.41) is 16.9. The first-order valence-corrected chi connectivity index (χ1v) is 8.46. The van der Waals surface area contributed by atoms with Crippen molar-refractivity contribution in [2.24, 2.45) is 10.1 Å². The lowest BCUT2D eigenvalue weighted by Crippen LogP contribution is -2.24. The van der Waals surface area contributed by atoms with Gasteiger partial charge in [-0.1, -0.05) is 42.1 Å². The smallest absolute Gasteiger partial charge is 0.294 e. The molecule has 1 aromatic heterocycles. The van der Waals surface area contributed by atoms with Crippen molar-refractivity contribution in [2.75, 3.05) is 5.75 Å². The summed E-state index contributed by atoms with van der Waals surface area (Å²) in [4.78, 5) is 14.9. The van der Waals surface area contributed by atoms with Gasteiger partial charge >= 0.3 is 0 Å². The Morgan fingerprint density at radius 1 is 1.20 bits per heavy atom. The van der Waals surface area contributed by atoms with E-state index in [4.69, 9.17) is 4.42 Å². The van der Waals surface area contributed by atoms with Gasteiger partial charge in [-0.25, -0.2) is 4.99 Å². The molecule has 0 atom stereocenters. The molecule has 3 aromatic rings. The van der Waals surface area contributed by atoms with Crippen LogP contribution in [0.1, 0.15) is 5.76 Å². The van der Waals surface area contributed by atoms with E-state index >= 15 is 0 Å². The Balaban J connectivity index is 1.59. The average molecular weight is 352 g/mol. The van der Waals surface area contributed by atoms with Crippen LogP contribution in [0, 0.1) is 10.1 Å². The summed E-state index contributed by atoms with van der Waals surface area (Å²) in [5.74, 6) is 1.26. The van der Waals surface area contributed by atoms with Crippen LogP contribution in [0.15, 0.2) is 69.1 Å². The number of rotatable bonds is 3.